The van der Waals surface area contributed by atoms with E-state index in [0.717, 1.165) is 21.1 Å². The minimum Gasteiger partial charge on any atom is -0.293 e. The Kier molecular flexibility index (Phi) is 4.23. The molecule has 21 heavy (non-hydrogen) atoms. The van der Waals surface area contributed by atoms with E-state index in [2.05, 4.69) is 15.2 Å². The number of rotatable bonds is 5. The predicted octanol–water partition coefficient (Wildman–Crippen LogP) is 4.19. The molecule has 3 aromatic heterocycles. The molecule has 108 valence electrons. The molecule has 0 aromatic carbocycles. The van der Waals surface area contributed by atoms with Crippen molar-refractivity contribution in [2.75, 3.05) is 5.75 Å². The lowest BCUT2D eigenvalue weighted by atomic mass is 10.2. The molecular weight excluding hydrogens is 322 g/mol. The van der Waals surface area contributed by atoms with Crippen molar-refractivity contribution in [3.8, 4) is 10.7 Å². The number of H-pyrrole nitrogens is 1. The van der Waals surface area contributed by atoms with Crippen LogP contribution in [0.4, 0.5) is 0 Å². The van der Waals surface area contributed by atoms with Crippen LogP contribution in [0.25, 0.3) is 10.7 Å². The summed E-state index contributed by atoms with van der Waals surface area (Å²) in [5.74, 6) is 1.24. The number of aromatic amines is 1. The zero-order valence-electron chi connectivity index (χ0n) is 11.5. The third kappa shape index (κ3) is 3.25. The SMILES string of the molecule is Cc1cc(C(=O)CSc2n[nH]c(-c3cccs3)n2)c(C)s1. The van der Waals surface area contributed by atoms with Crippen molar-refractivity contribution >= 4 is 40.2 Å². The Balaban J connectivity index is 1.65. The van der Waals surface area contributed by atoms with Crippen LogP contribution in [0.2, 0.25) is 0 Å². The lowest BCUT2D eigenvalue weighted by Crippen LogP contribution is -2.02. The Bertz CT molecular complexity index is 758. The van der Waals surface area contributed by atoms with Crippen LogP contribution in [0.5, 0.6) is 0 Å². The van der Waals surface area contributed by atoms with Crippen molar-refractivity contribution in [1.82, 2.24) is 15.2 Å². The van der Waals surface area contributed by atoms with Crippen molar-refractivity contribution in [3.05, 3.63) is 38.9 Å². The van der Waals surface area contributed by atoms with E-state index < -0.39 is 0 Å². The highest BCUT2D eigenvalue weighted by Gasteiger charge is 2.14. The summed E-state index contributed by atoms with van der Waals surface area (Å²) in [6.07, 6.45) is 0. The molecule has 0 spiro atoms. The molecule has 0 bridgehead atoms. The minimum absolute atomic E-state index is 0.129. The van der Waals surface area contributed by atoms with Gasteiger partial charge < -0.3 is 0 Å². The van der Waals surface area contributed by atoms with Crippen molar-refractivity contribution in [2.24, 2.45) is 0 Å². The van der Waals surface area contributed by atoms with Gasteiger partial charge in [-0.05, 0) is 31.4 Å². The number of carbonyl (C=O) groups excluding carboxylic acids is 1. The third-order valence-electron chi connectivity index (χ3n) is 2.89. The third-order valence-corrected chi connectivity index (χ3v) is 5.58. The summed E-state index contributed by atoms with van der Waals surface area (Å²) in [6.45, 7) is 4.00. The van der Waals surface area contributed by atoms with E-state index in [0.29, 0.717) is 10.9 Å². The zero-order valence-corrected chi connectivity index (χ0v) is 14.0. The molecule has 3 aromatic rings. The van der Waals surface area contributed by atoms with Crippen molar-refractivity contribution in [1.29, 1.82) is 0 Å². The van der Waals surface area contributed by atoms with E-state index in [1.54, 1.807) is 22.7 Å². The average molecular weight is 335 g/mol. The average Bonchev–Trinajstić information content (AvgIpc) is 3.15. The summed E-state index contributed by atoms with van der Waals surface area (Å²) in [5.41, 5.74) is 0.819. The van der Waals surface area contributed by atoms with Gasteiger partial charge in [-0.15, -0.1) is 27.8 Å². The van der Waals surface area contributed by atoms with Crippen molar-refractivity contribution in [2.45, 2.75) is 19.0 Å². The molecule has 0 unspecified atom stereocenters. The molecule has 3 rings (SSSR count). The molecule has 0 aliphatic carbocycles. The highest BCUT2D eigenvalue weighted by Crippen LogP contribution is 2.25. The summed E-state index contributed by atoms with van der Waals surface area (Å²) in [7, 11) is 0. The smallest absolute Gasteiger partial charge is 0.209 e. The normalized spacial score (nSPS) is 11.0. The Hall–Kier alpha value is -1.44. The maximum Gasteiger partial charge on any atom is 0.209 e. The number of nitrogens with zero attached hydrogens (tertiary/aromatic N) is 2. The number of Topliss-reactive ketones (excluding diaryl/α,β-unsaturated/α-hetero) is 1. The number of aromatic nitrogens is 3. The quantitative estimate of drug-likeness (QED) is 0.561. The minimum atomic E-state index is 0.129. The first-order chi connectivity index (χ1) is 10.1. The zero-order chi connectivity index (χ0) is 14.8. The number of thiophene rings is 2. The lowest BCUT2D eigenvalue weighted by molar-refractivity contribution is 0.102. The number of thioether (sulfide) groups is 1. The fourth-order valence-electron chi connectivity index (χ4n) is 1.95. The van der Waals surface area contributed by atoms with E-state index in [1.807, 2.05) is 37.4 Å². The molecule has 1 N–H and O–H groups in total. The predicted molar refractivity (Wildman–Crippen MR) is 88.5 cm³/mol. The van der Waals surface area contributed by atoms with Gasteiger partial charge in [0, 0.05) is 15.3 Å². The number of hydrogen-bond acceptors (Lipinski definition) is 6. The van der Waals surface area contributed by atoms with Crippen LogP contribution in [0.15, 0.2) is 28.7 Å². The molecule has 0 fully saturated rings. The van der Waals surface area contributed by atoms with E-state index in [9.17, 15) is 4.79 Å². The maximum atomic E-state index is 12.2. The number of carbonyl (C=O) groups is 1. The van der Waals surface area contributed by atoms with Gasteiger partial charge in [0.25, 0.3) is 0 Å². The molecular formula is C14H13N3OS3. The molecule has 0 atom stereocenters. The number of aryl methyl sites for hydroxylation is 2. The Morgan fingerprint density at radius 3 is 2.95 bits per heavy atom. The molecule has 7 heteroatoms. The van der Waals surface area contributed by atoms with Crippen LogP contribution < -0.4 is 0 Å². The van der Waals surface area contributed by atoms with Crippen LogP contribution in [0.3, 0.4) is 0 Å². The summed E-state index contributed by atoms with van der Waals surface area (Å²) in [6, 6.07) is 5.92. The monoisotopic (exact) mass is 335 g/mol. The standard InChI is InChI=1S/C14H13N3OS3/c1-8-6-10(9(2)21-8)11(18)7-20-14-15-13(16-17-14)12-4-3-5-19-12/h3-6H,7H2,1-2H3,(H,15,16,17). The number of hydrogen-bond donors (Lipinski definition) is 1. The molecule has 0 aliphatic rings. The second kappa shape index (κ2) is 6.13. The summed E-state index contributed by atoms with van der Waals surface area (Å²) < 4.78 is 0. The fourth-order valence-corrected chi connectivity index (χ4v) is 4.24. The largest absolute Gasteiger partial charge is 0.293 e. The lowest BCUT2D eigenvalue weighted by Gasteiger charge is -1.97. The van der Waals surface area contributed by atoms with E-state index in [4.69, 9.17) is 0 Å². The van der Waals surface area contributed by atoms with E-state index in [-0.39, 0.29) is 5.78 Å². The van der Waals surface area contributed by atoms with E-state index >= 15 is 0 Å². The molecule has 0 saturated carbocycles. The highest BCUT2D eigenvalue weighted by molar-refractivity contribution is 7.99. The summed E-state index contributed by atoms with van der Waals surface area (Å²) >= 11 is 4.63. The van der Waals surface area contributed by atoms with Crippen LogP contribution in [-0.4, -0.2) is 26.7 Å². The van der Waals surface area contributed by atoms with Gasteiger partial charge in [-0.1, -0.05) is 17.8 Å². The van der Waals surface area contributed by atoms with Gasteiger partial charge in [0.1, 0.15) is 0 Å². The van der Waals surface area contributed by atoms with Crippen LogP contribution in [0.1, 0.15) is 20.1 Å². The molecule has 0 aliphatic heterocycles. The van der Waals surface area contributed by atoms with Crippen molar-refractivity contribution < 1.29 is 4.79 Å². The van der Waals surface area contributed by atoms with Gasteiger partial charge in [0.05, 0.1) is 10.6 Å². The Labute approximate surface area is 134 Å². The second-order valence-corrected chi connectivity index (χ2v) is 7.83. The molecule has 3 heterocycles. The molecule has 0 saturated heterocycles. The Morgan fingerprint density at radius 1 is 1.43 bits per heavy atom. The number of ketones is 1. The van der Waals surface area contributed by atoms with Gasteiger partial charge in [0.15, 0.2) is 11.6 Å². The molecule has 4 nitrogen and oxygen atoms in total. The van der Waals surface area contributed by atoms with Crippen LogP contribution in [0, 0.1) is 13.8 Å². The first-order valence-electron chi connectivity index (χ1n) is 6.33. The Morgan fingerprint density at radius 2 is 2.29 bits per heavy atom. The molecule has 0 amide bonds. The van der Waals surface area contributed by atoms with Crippen LogP contribution in [-0.2, 0) is 0 Å². The van der Waals surface area contributed by atoms with E-state index in [1.165, 1.54) is 16.6 Å². The van der Waals surface area contributed by atoms with Gasteiger partial charge in [-0.3, -0.25) is 9.89 Å². The van der Waals surface area contributed by atoms with Crippen LogP contribution >= 0.6 is 34.4 Å². The van der Waals surface area contributed by atoms with Gasteiger partial charge in [-0.25, -0.2) is 4.98 Å². The summed E-state index contributed by atoms with van der Waals surface area (Å²) in [5, 5.41) is 9.66. The topological polar surface area (TPSA) is 58.6 Å². The van der Waals surface area contributed by atoms with Crippen molar-refractivity contribution in [3.63, 3.8) is 0 Å². The van der Waals surface area contributed by atoms with Gasteiger partial charge in [-0.2, -0.15) is 0 Å². The van der Waals surface area contributed by atoms with Gasteiger partial charge in [0.2, 0.25) is 5.16 Å². The highest BCUT2D eigenvalue weighted by atomic mass is 32.2. The van der Waals surface area contributed by atoms with Gasteiger partial charge >= 0.3 is 0 Å². The first-order valence-corrected chi connectivity index (χ1v) is 9.01. The number of nitrogens with one attached hydrogen (secondary N) is 1. The first kappa shape index (κ1) is 14.5. The fraction of sp³-hybridized carbons (Fsp3) is 0.214. The summed E-state index contributed by atoms with van der Waals surface area (Å²) in [4.78, 5) is 19.9. The second-order valence-electron chi connectivity index (χ2n) is 4.48. The maximum absolute atomic E-state index is 12.2. The molecule has 0 radical (unpaired) electrons.